The zero-order chi connectivity index (χ0) is 18.2. The van der Waals surface area contributed by atoms with Gasteiger partial charge in [-0.3, -0.25) is 4.72 Å². The van der Waals surface area contributed by atoms with E-state index in [9.17, 15) is 21.6 Å². The molecule has 2 aromatic carbocycles. The summed E-state index contributed by atoms with van der Waals surface area (Å²) >= 11 is 0. The van der Waals surface area contributed by atoms with E-state index in [4.69, 9.17) is 0 Å². The number of sulfonamides is 1. The predicted octanol–water partition coefficient (Wildman–Crippen LogP) is 4.80. The average Bonchev–Trinajstić information content (AvgIpc) is 2.45. The van der Waals surface area contributed by atoms with Crippen molar-refractivity contribution in [2.24, 2.45) is 0 Å². The fraction of sp³-hybridized carbons (Fsp3) is 0.294. The summed E-state index contributed by atoms with van der Waals surface area (Å²) in [6, 6.07) is 10.5. The van der Waals surface area contributed by atoms with Crippen LogP contribution in [0.15, 0.2) is 53.4 Å². The fourth-order valence-corrected chi connectivity index (χ4v) is 3.39. The molecule has 3 nitrogen and oxygen atoms in total. The normalized spacial score (nSPS) is 12.9. The molecule has 0 amide bonds. The van der Waals surface area contributed by atoms with Gasteiger partial charge in [-0.1, -0.05) is 45.0 Å². The first-order chi connectivity index (χ1) is 10.9. The van der Waals surface area contributed by atoms with Crippen molar-refractivity contribution in [2.75, 3.05) is 4.72 Å². The molecular formula is C17H18F3NO2S. The van der Waals surface area contributed by atoms with E-state index in [0.29, 0.717) is 11.8 Å². The Hall–Kier alpha value is -2.02. The molecule has 0 radical (unpaired) electrons. The second kappa shape index (κ2) is 6.12. The molecule has 2 rings (SSSR count). The van der Waals surface area contributed by atoms with Crippen LogP contribution in [0.2, 0.25) is 0 Å². The Kier molecular flexibility index (Phi) is 4.68. The third kappa shape index (κ3) is 4.08. The zero-order valence-corrected chi connectivity index (χ0v) is 14.3. The third-order valence-electron chi connectivity index (χ3n) is 3.45. The van der Waals surface area contributed by atoms with E-state index in [0.717, 1.165) is 23.8 Å². The molecule has 0 heterocycles. The van der Waals surface area contributed by atoms with E-state index in [2.05, 4.69) is 4.72 Å². The highest BCUT2D eigenvalue weighted by atomic mass is 32.2. The highest BCUT2D eigenvalue weighted by Gasteiger charge is 2.32. The molecule has 1 N–H and O–H groups in total. The molecule has 0 atom stereocenters. The molecule has 0 spiro atoms. The number of hydrogen-bond acceptors (Lipinski definition) is 2. The summed E-state index contributed by atoms with van der Waals surface area (Å²) in [7, 11) is -4.13. The molecule has 24 heavy (non-hydrogen) atoms. The Balaban J connectivity index is 2.44. The fourth-order valence-electron chi connectivity index (χ4n) is 2.27. The number of anilines is 1. The summed E-state index contributed by atoms with van der Waals surface area (Å²) in [5, 5.41) is 0. The van der Waals surface area contributed by atoms with Gasteiger partial charge in [0, 0.05) is 0 Å². The Morgan fingerprint density at radius 3 is 2.12 bits per heavy atom. The summed E-state index contributed by atoms with van der Waals surface area (Å²) in [6.07, 6.45) is -4.60. The van der Waals surface area contributed by atoms with Crippen LogP contribution in [0.5, 0.6) is 0 Å². The molecule has 0 aliphatic heterocycles. The second-order valence-corrected chi connectivity index (χ2v) is 8.11. The van der Waals surface area contributed by atoms with Crippen molar-refractivity contribution < 1.29 is 21.6 Å². The smallest absolute Gasteiger partial charge is 0.279 e. The van der Waals surface area contributed by atoms with E-state index < -0.39 is 26.7 Å². The van der Waals surface area contributed by atoms with Crippen molar-refractivity contribution >= 4 is 15.7 Å². The number of nitrogens with one attached hydrogen (secondary N) is 1. The van der Waals surface area contributed by atoms with Gasteiger partial charge in [-0.05, 0) is 35.2 Å². The number of alkyl halides is 3. The Morgan fingerprint density at radius 2 is 1.54 bits per heavy atom. The summed E-state index contributed by atoms with van der Waals surface area (Å²) < 4.78 is 65.7. The van der Waals surface area contributed by atoms with Crippen molar-refractivity contribution in [1.82, 2.24) is 0 Å². The van der Waals surface area contributed by atoms with Gasteiger partial charge < -0.3 is 0 Å². The highest BCUT2D eigenvalue weighted by molar-refractivity contribution is 7.92. The molecule has 2 aromatic rings. The molecule has 0 fully saturated rings. The summed E-state index contributed by atoms with van der Waals surface area (Å²) in [6.45, 7) is 5.76. The second-order valence-electron chi connectivity index (χ2n) is 6.43. The summed E-state index contributed by atoms with van der Waals surface area (Å²) in [5.41, 5.74) is -0.232. The van der Waals surface area contributed by atoms with Gasteiger partial charge in [0.15, 0.2) is 0 Å². The van der Waals surface area contributed by atoms with Gasteiger partial charge >= 0.3 is 6.18 Å². The zero-order valence-electron chi connectivity index (χ0n) is 13.5. The van der Waals surface area contributed by atoms with E-state index in [1.165, 1.54) is 0 Å². The van der Waals surface area contributed by atoms with Crippen molar-refractivity contribution in [3.05, 3.63) is 59.7 Å². The van der Waals surface area contributed by atoms with Crippen molar-refractivity contribution in [1.29, 1.82) is 0 Å². The minimum atomic E-state index is -4.60. The van der Waals surface area contributed by atoms with Gasteiger partial charge in [-0.2, -0.15) is 13.2 Å². The molecular weight excluding hydrogens is 339 g/mol. The third-order valence-corrected chi connectivity index (χ3v) is 4.81. The van der Waals surface area contributed by atoms with Gasteiger partial charge in [0.1, 0.15) is 0 Å². The quantitative estimate of drug-likeness (QED) is 0.857. The Labute approximate surface area is 139 Å². The van der Waals surface area contributed by atoms with Gasteiger partial charge in [0.25, 0.3) is 10.0 Å². The minimum Gasteiger partial charge on any atom is -0.279 e. The maximum Gasteiger partial charge on any atom is 0.416 e. The topological polar surface area (TPSA) is 46.2 Å². The van der Waals surface area contributed by atoms with Crippen LogP contribution >= 0.6 is 0 Å². The lowest BCUT2D eigenvalue weighted by atomic mass is 9.86. The molecule has 0 aliphatic carbocycles. The minimum absolute atomic E-state index is 0.326. The first-order valence-corrected chi connectivity index (χ1v) is 8.69. The molecule has 0 aliphatic rings. The van der Waals surface area contributed by atoms with Crippen LogP contribution in [0.1, 0.15) is 31.9 Å². The van der Waals surface area contributed by atoms with E-state index in [1.54, 1.807) is 24.3 Å². The first kappa shape index (κ1) is 18.3. The van der Waals surface area contributed by atoms with Crippen molar-refractivity contribution in [2.45, 2.75) is 37.3 Å². The number of rotatable bonds is 3. The largest absolute Gasteiger partial charge is 0.416 e. The van der Waals surface area contributed by atoms with Crippen LogP contribution in [0.4, 0.5) is 18.9 Å². The van der Waals surface area contributed by atoms with Crippen molar-refractivity contribution in [3.8, 4) is 0 Å². The van der Waals surface area contributed by atoms with E-state index in [1.807, 2.05) is 20.8 Å². The van der Waals surface area contributed by atoms with Crippen LogP contribution < -0.4 is 4.72 Å². The molecule has 0 saturated heterocycles. The number of benzene rings is 2. The maximum atomic E-state index is 12.8. The van der Waals surface area contributed by atoms with Gasteiger partial charge in [-0.25, -0.2) is 8.42 Å². The van der Waals surface area contributed by atoms with Crippen LogP contribution in [-0.2, 0) is 21.6 Å². The van der Waals surface area contributed by atoms with Crippen LogP contribution in [0, 0.1) is 0 Å². The monoisotopic (exact) mass is 357 g/mol. The predicted molar refractivity (Wildman–Crippen MR) is 87.4 cm³/mol. The Bertz CT molecular complexity index is 837. The summed E-state index contributed by atoms with van der Waals surface area (Å²) in [4.78, 5) is -0.430. The Morgan fingerprint density at radius 1 is 0.917 bits per heavy atom. The average molecular weight is 357 g/mol. The SMILES string of the molecule is CC(C)(C)c1ccccc1NS(=O)(=O)c1cccc(C(F)(F)F)c1. The number of para-hydroxylation sites is 1. The number of hydrogen-bond donors (Lipinski definition) is 1. The molecule has 7 heteroatoms. The molecule has 0 aromatic heterocycles. The van der Waals surface area contributed by atoms with Gasteiger partial charge in [0.05, 0.1) is 16.1 Å². The summed E-state index contributed by atoms with van der Waals surface area (Å²) in [5.74, 6) is 0. The molecule has 0 unspecified atom stereocenters. The lowest BCUT2D eigenvalue weighted by Crippen LogP contribution is -2.19. The highest BCUT2D eigenvalue weighted by Crippen LogP contribution is 2.33. The van der Waals surface area contributed by atoms with Crippen molar-refractivity contribution in [3.63, 3.8) is 0 Å². The van der Waals surface area contributed by atoms with E-state index in [-0.39, 0.29) is 5.41 Å². The standard InChI is InChI=1S/C17H18F3NO2S/c1-16(2,3)14-9-4-5-10-15(14)21-24(22,23)13-8-6-7-12(11-13)17(18,19)20/h4-11,21H,1-3H3. The number of halogens is 3. The molecule has 0 bridgehead atoms. The maximum absolute atomic E-state index is 12.8. The lowest BCUT2D eigenvalue weighted by Gasteiger charge is -2.23. The lowest BCUT2D eigenvalue weighted by molar-refractivity contribution is -0.137. The van der Waals surface area contributed by atoms with Gasteiger partial charge in [0.2, 0.25) is 0 Å². The van der Waals surface area contributed by atoms with E-state index >= 15 is 0 Å². The molecule has 130 valence electrons. The van der Waals surface area contributed by atoms with Crippen LogP contribution in [0.25, 0.3) is 0 Å². The first-order valence-electron chi connectivity index (χ1n) is 7.21. The van der Waals surface area contributed by atoms with Gasteiger partial charge in [-0.15, -0.1) is 0 Å². The van der Waals surface area contributed by atoms with Crippen LogP contribution in [-0.4, -0.2) is 8.42 Å². The molecule has 0 saturated carbocycles. The van der Waals surface area contributed by atoms with Crippen LogP contribution in [0.3, 0.4) is 0 Å².